The Kier molecular flexibility index (Phi) is 5.63. The lowest BCUT2D eigenvalue weighted by Gasteiger charge is -2.27. The number of benzene rings is 2. The van der Waals surface area contributed by atoms with Crippen LogP contribution in [0.2, 0.25) is 0 Å². The van der Waals surface area contributed by atoms with E-state index < -0.39 is 0 Å². The third kappa shape index (κ3) is 4.26. The van der Waals surface area contributed by atoms with Crippen molar-refractivity contribution in [1.29, 1.82) is 0 Å². The predicted octanol–water partition coefficient (Wildman–Crippen LogP) is 3.75. The molecule has 8 nitrogen and oxygen atoms in total. The second-order valence-electron chi connectivity index (χ2n) is 10.5. The molecule has 3 N–H and O–H groups in total. The third-order valence-electron chi connectivity index (χ3n) is 8.01. The fourth-order valence-electron chi connectivity index (χ4n) is 6.16. The number of piperazine rings is 1. The SMILES string of the molecule is Nc1cnnn2c(CCCCN3C[C@@H]4C[C@H]3CN4)cc(-c3ccc4cn(Cc5ccccc5)nc4c3)c12. The van der Waals surface area contributed by atoms with E-state index in [9.17, 15) is 0 Å². The van der Waals surface area contributed by atoms with Gasteiger partial charge in [-0.15, -0.1) is 5.10 Å². The summed E-state index contributed by atoms with van der Waals surface area (Å²) >= 11 is 0. The van der Waals surface area contributed by atoms with Crippen LogP contribution in [-0.4, -0.2) is 61.2 Å². The number of nitrogen functional groups attached to an aromatic ring is 1. The average molecular weight is 493 g/mol. The highest BCUT2D eigenvalue weighted by Crippen LogP contribution is 2.33. The van der Waals surface area contributed by atoms with Gasteiger partial charge in [-0.1, -0.05) is 47.7 Å². The van der Waals surface area contributed by atoms with Crippen molar-refractivity contribution >= 4 is 22.1 Å². The van der Waals surface area contributed by atoms with Gasteiger partial charge in [0.05, 0.1) is 29.5 Å². The zero-order valence-electron chi connectivity index (χ0n) is 20.9. The third-order valence-corrected chi connectivity index (χ3v) is 8.01. The summed E-state index contributed by atoms with van der Waals surface area (Å²) in [6, 6.07) is 20.6. The van der Waals surface area contributed by atoms with Crippen LogP contribution < -0.4 is 11.1 Å². The lowest BCUT2D eigenvalue weighted by atomic mass is 10.0. The second-order valence-corrected chi connectivity index (χ2v) is 10.5. The highest BCUT2D eigenvalue weighted by Gasteiger charge is 2.36. The topological polar surface area (TPSA) is 89.3 Å². The molecule has 2 atom stereocenters. The molecule has 0 aliphatic carbocycles. The number of rotatable bonds is 8. The molecule has 5 heterocycles. The van der Waals surface area contributed by atoms with E-state index in [0.29, 0.717) is 11.7 Å². The van der Waals surface area contributed by atoms with Gasteiger partial charge in [-0.25, -0.2) is 4.52 Å². The summed E-state index contributed by atoms with van der Waals surface area (Å²) < 4.78 is 3.94. The summed E-state index contributed by atoms with van der Waals surface area (Å²) in [6.45, 7) is 4.28. The van der Waals surface area contributed by atoms with Crippen molar-refractivity contribution in [3.63, 3.8) is 0 Å². The number of unbranched alkanes of at least 4 members (excludes halogenated alkanes) is 1. The molecule has 2 aliphatic rings. The minimum absolute atomic E-state index is 0.645. The van der Waals surface area contributed by atoms with Crippen molar-refractivity contribution in [2.45, 2.75) is 44.3 Å². The maximum Gasteiger partial charge on any atom is 0.0990 e. The molecule has 188 valence electrons. The summed E-state index contributed by atoms with van der Waals surface area (Å²) in [5.74, 6) is 0. The first-order valence-corrected chi connectivity index (χ1v) is 13.3. The number of aromatic nitrogens is 5. The number of likely N-dealkylation sites (tertiary alicyclic amines) is 1. The number of aryl methyl sites for hydroxylation is 1. The van der Waals surface area contributed by atoms with Gasteiger partial charge in [-0.3, -0.25) is 9.58 Å². The minimum atomic E-state index is 0.645. The van der Waals surface area contributed by atoms with E-state index in [1.54, 1.807) is 6.20 Å². The van der Waals surface area contributed by atoms with Gasteiger partial charge in [0.25, 0.3) is 0 Å². The van der Waals surface area contributed by atoms with Crippen LogP contribution in [0.25, 0.3) is 27.5 Å². The zero-order chi connectivity index (χ0) is 24.8. The van der Waals surface area contributed by atoms with E-state index >= 15 is 0 Å². The molecule has 0 amide bonds. The van der Waals surface area contributed by atoms with E-state index in [-0.39, 0.29) is 0 Å². The predicted molar refractivity (Wildman–Crippen MR) is 146 cm³/mol. The van der Waals surface area contributed by atoms with Crippen LogP contribution in [0.4, 0.5) is 5.69 Å². The Balaban J connectivity index is 1.13. The van der Waals surface area contributed by atoms with E-state index in [1.165, 1.54) is 31.5 Å². The molecule has 3 aromatic heterocycles. The lowest BCUT2D eigenvalue weighted by molar-refractivity contribution is 0.222. The van der Waals surface area contributed by atoms with Crippen molar-refractivity contribution in [3.8, 4) is 11.1 Å². The molecule has 2 fully saturated rings. The molecule has 7 rings (SSSR count). The molecule has 0 radical (unpaired) electrons. The Morgan fingerprint density at radius 2 is 1.97 bits per heavy atom. The van der Waals surface area contributed by atoms with Gasteiger partial charge in [0.15, 0.2) is 0 Å². The Hall–Kier alpha value is -3.75. The first-order valence-electron chi connectivity index (χ1n) is 13.3. The van der Waals surface area contributed by atoms with Gasteiger partial charge in [-0.05, 0) is 55.5 Å². The van der Waals surface area contributed by atoms with Crippen LogP contribution in [0.5, 0.6) is 0 Å². The van der Waals surface area contributed by atoms with Gasteiger partial charge >= 0.3 is 0 Å². The summed E-state index contributed by atoms with van der Waals surface area (Å²) in [6.07, 6.45) is 8.33. The molecule has 2 aromatic carbocycles. The maximum absolute atomic E-state index is 6.43. The van der Waals surface area contributed by atoms with Crippen LogP contribution >= 0.6 is 0 Å². The Bertz CT molecular complexity index is 1550. The molecule has 0 spiro atoms. The molecule has 0 saturated carbocycles. The minimum Gasteiger partial charge on any atom is -0.396 e. The second kappa shape index (κ2) is 9.28. The zero-order valence-corrected chi connectivity index (χ0v) is 20.9. The molecule has 2 aliphatic heterocycles. The van der Waals surface area contributed by atoms with Crippen molar-refractivity contribution in [1.82, 2.24) is 34.8 Å². The highest BCUT2D eigenvalue weighted by atomic mass is 15.4. The fourth-order valence-corrected chi connectivity index (χ4v) is 6.16. The Morgan fingerprint density at radius 3 is 2.81 bits per heavy atom. The smallest absolute Gasteiger partial charge is 0.0990 e. The van der Waals surface area contributed by atoms with Crippen molar-refractivity contribution < 1.29 is 0 Å². The molecular weight excluding hydrogens is 460 g/mol. The number of anilines is 1. The fraction of sp³-hybridized carbons (Fsp3) is 0.345. The quantitative estimate of drug-likeness (QED) is 0.321. The summed E-state index contributed by atoms with van der Waals surface area (Å²) in [4.78, 5) is 2.66. The maximum atomic E-state index is 6.43. The average Bonchev–Trinajstić information content (AvgIpc) is 3.70. The van der Waals surface area contributed by atoms with Crippen molar-refractivity contribution in [3.05, 3.63) is 78.2 Å². The largest absolute Gasteiger partial charge is 0.396 e. The summed E-state index contributed by atoms with van der Waals surface area (Å²) in [5, 5.41) is 18.2. The Labute approximate surface area is 216 Å². The van der Waals surface area contributed by atoms with Crippen LogP contribution in [0.1, 0.15) is 30.5 Å². The van der Waals surface area contributed by atoms with Crippen LogP contribution in [0.3, 0.4) is 0 Å². The van der Waals surface area contributed by atoms with E-state index in [4.69, 9.17) is 10.8 Å². The van der Waals surface area contributed by atoms with Crippen molar-refractivity contribution in [2.75, 3.05) is 25.4 Å². The van der Waals surface area contributed by atoms with Crippen LogP contribution in [-0.2, 0) is 13.0 Å². The van der Waals surface area contributed by atoms with Crippen molar-refractivity contribution in [2.24, 2.45) is 0 Å². The van der Waals surface area contributed by atoms with Crippen LogP contribution in [0, 0.1) is 0 Å². The van der Waals surface area contributed by atoms with Gasteiger partial charge in [0.2, 0.25) is 0 Å². The first kappa shape index (κ1) is 22.4. The van der Waals surface area contributed by atoms with E-state index in [0.717, 1.165) is 65.2 Å². The van der Waals surface area contributed by atoms with Gasteiger partial charge in [0.1, 0.15) is 0 Å². The number of nitrogens with zero attached hydrogens (tertiary/aromatic N) is 6. The van der Waals surface area contributed by atoms with E-state index in [2.05, 4.69) is 75.3 Å². The molecule has 2 bridgehead atoms. The summed E-state index contributed by atoms with van der Waals surface area (Å²) in [7, 11) is 0. The normalized spacial score (nSPS) is 19.5. The number of hydrogen-bond donors (Lipinski definition) is 2. The molecular formula is C29H32N8. The summed E-state index contributed by atoms with van der Waals surface area (Å²) in [5.41, 5.74) is 13.6. The first-order chi connectivity index (χ1) is 18.2. The number of nitrogens with two attached hydrogens (primary N) is 1. The van der Waals surface area contributed by atoms with Gasteiger partial charge in [-0.2, -0.15) is 5.10 Å². The monoisotopic (exact) mass is 492 g/mol. The molecule has 2 saturated heterocycles. The highest BCUT2D eigenvalue weighted by molar-refractivity contribution is 5.93. The van der Waals surface area contributed by atoms with E-state index in [1.807, 2.05) is 15.3 Å². The number of nitrogens with one attached hydrogen (secondary N) is 1. The van der Waals surface area contributed by atoms with Gasteiger partial charge < -0.3 is 11.1 Å². The Morgan fingerprint density at radius 1 is 1.05 bits per heavy atom. The lowest BCUT2D eigenvalue weighted by Crippen LogP contribution is -2.43. The number of fused-ring (bicyclic) bond motifs is 4. The molecule has 37 heavy (non-hydrogen) atoms. The van der Waals surface area contributed by atoms with Crippen LogP contribution in [0.15, 0.2) is 67.0 Å². The number of hydrogen-bond acceptors (Lipinski definition) is 6. The molecule has 5 aromatic rings. The molecule has 0 unspecified atom stereocenters. The standard InChI is InChI=1S/C29H32N8/c30-27-16-32-34-37-24(8-4-5-11-35-19-23-13-25(35)15-31-23)14-26(29(27)37)21-9-10-22-18-36(33-28(22)12-21)17-20-6-2-1-3-7-20/h1-3,6-7,9-10,12,14,16,18,23,25,31H,4-5,8,11,13,15,17,19,30H2/t23-,25-/m0/s1. The molecule has 8 heteroatoms. The van der Waals surface area contributed by atoms with Gasteiger partial charge in [0, 0.05) is 48.0 Å².